The average molecular weight is 328 g/mol. The third-order valence-electron chi connectivity index (χ3n) is 3.29. The van der Waals surface area contributed by atoms with Crippen LogP contribution in [-0.4, -0.2) is 10.8 Å². The van der Waals surface area contributed by atoms with Crippen LogP contribution < -0.4 is 0 Å². The number of para-hydroxylation sites is 1. The lowest BCUT2D eigenvalue weighted by molar-refractivity contribution is 0.104. The van der Waals surface area contributed by atoms with Crippen molar-refractivity contribution in [3.05, 3.63) is 82.0 Å². The van der Waals surface area contributed by atoms with Crippen LogP contribution in [0.25, 0.3) is 17.0 Å². The molecule has 2 nitrogen and oxygen atoms in total. The average Bonchev–Trinajstić information content (AvgIpc) is 2.54. The summed E-state index contributed by atoms with van der Waals surface area (Å²) in [6.07, 6.45) is 4.99. The Kier molecular flexibility index (Phi) is 4.23. The zero-order valence-electron chi connectivity index (χ0n) is 11.5. The molecule has 3 aromatic rings. The van der Waals surface area contributed by atoms with E-state index in [4.69, 9.17) is 23.2 Å². The topological polar surface area (TPSA) is 30.0 Å². The van der Waals surface area contributed by atoms with Gasteiger partial charge in [0.05, 0.1) is 10.5 Å². The summed E-state index contributed by atoms with van der Waals surface area (Å²) >= 11 is 12.0. The highest BCUT2D eigenvalue weighted by Crippen LogP contribution is 2.22. The van der Waals surface area contributed by atoms with Crippen LogP contribution in [0, 0.1) is 0 Å². The summed E-state index contributed by atoms with van der Waals surface area (Å²) < 4.78 is 0. The molecule has 0 radical (unpaired) electrons. The Morgan fingerprint density at radius 3 is 2.73 bits per heavy atom. The Morgan fingerprint density at radius 1 is 1.05 bits per heavy atom. The monoisotopic (exact) mass is 327 g/mol. The van der Waals surface area contributed by atoms with Crippen LogP contribution in [0.1, 0.15) is 15.9 Å². The molecular weight excluding hydrogens is 317 g/mol. The molecule has 0 aliphatic heterocycles. The third-order valence-corrected chi connectivity index (χ3v) is 3.86. The highest BCUT2D eigenvalue weighted by molar-refractivity contribution is 6.36. The molecular formula is C18H11Cl2NO. The van der Waals surface area contributed by atoms with Gasteiger partial charge in [-0.2, -0.15) is 0 Å². The van der Waals surface area contributed by atoms with E-state index >= 15 is 0 Å². The quantitative estimate of drug-likeness (QED) is 0.473. The highest BCUT2D eigenvalue weighted by Gasteiger charge is 2.08. The van der Waals surface area contributed by atoms with Crippen LogP contribution in [-0.2, 0) is 0 Å². The smallest absolute Gasteiger partial charge is 0.187 e. The maximum Gasteiger partial charge on any atom is 0.187 e. The predicted octanol–water partition coefficient (Wildman–Crippen LogP) is 5.44. The number of aromatic nitrogens is 1. The summed E-state index contributed by atoms with van der Waals surface area (Å²) in [6, 6.07) is 14.5. The minimum absolute atomic E-state index is 0.187. The summed E-state index contributed by atoms with van der Waals surface area (Å²) in [6.45, 7) is 0. The van der Waals surface area contributed by atoms with E-state index in [-0.39, 0.29) is 5.78 Å². The molecule has 22 heavy (non-hydrogen) atoms. The molecule has 0 fully saturated rings. The number of rotatable bonds is 3. The van der Waals surface area contributed by atoms with Gasteiger partial charge in [-0.25, -0.2) is 0 Å². The number of hydrogen-bond acceptors (Lipinski definition) is 2. The van der Waals surface area contributed by atoms with Gasteiger partial charge in [0.1, 0.15) is 0 Å². The van der Waals surface area contributed by atoms with E-state index in [1.54, 1.807) is 30.5 Å². The predicted molar refractivity (Wildman–Crippen MR) is 91.6 cm³/mol. The van der Waals surface area contributed by atoms with E-state index in [1.165, 1.54) is 6.08 Å². The normalized spacial score (nSPS) is 11.2. The zero-order valence-corrected chi connectivity index (χ0v) is 13.0. The van der Waals surface area contributed by atoms with Crippen molar-refractivity contribution in [3.8, 4) is 0 Å². The molecule has 0 atom stereocenters. The SMILES string of the molecule is O=C(C=Cc1ccnc2ccccc12)c1cc(Cl)ccc1Cl. The van der Waals surface area contributed by atoms with E-state index in [0.717, 1.165) is 16.5 Å². The van der Waals surface area contributed by atoms with Crippen LogP contribution in [0.15, 0.2) is 60.8 Å². The maximum atomic E-state index is 12.3. The van der Waals surface area contributed by atoms with E-state index in [9.17, 15) is 4.79 Å². The fourth-order valence-corrected chi connectivity index (χ4v) is 2.59. The molecule has 3 rings (SSSR count). The first kappa shape index (κ1) is 14.8. The Hall–Kier alpha value is -2.16. The van der Waals surface area contributed by atoms with Gasteiger partial charge in [0, 0.05) is 22.2 Å². The minimum Gasteiger partial charge on any atom is -0.289 e. The molecule has 0 saturated heterocycles. The third kappa shape index (κ3) is 3.03. The number of fused-ring (bicyclic) bond motifs is 1. The number of carbonyl (C=O) groups excluding carboxylic acids is 1. The number of nitrogens with zero attached hydrogens (tertiary/aromatic N) is 1. The van der Waals surface area contributed by atoms with Gasteiger partial charge < -0.3 is 0 Å². The fraction of sp³-hybridized carbons (Fsp3) is 0. The van der Waals surface area contributed by atoms with Crippen molar-refractivity contribution in [2.45, 2.75) is 0 Å². The van der Waals surface area contributed by atoms with Gasteiger partial charge in [-0.05, 0) is 42.0 Å². The van der Waals surface area contributed by atoms with Crippen molar-refractivity contribution in [1.82, 2.24) is 4.98 Å². The second kappa shape index (κ2) is 6.30. The number of allylic oxidation sites excluding steroid dienone is 1. The van der Waals surface area contributed by atoms with Crippen molar-refractivity contribution in [3.63, 3.8) is 0 Å². The molecule has 1 aromatic heterocycles. The molecule has 0 N–H and O–H groups in total. The lowest BCUT2D eigenvalue weighted by Crippen LogP contribution is -1.95. The summed E-state index contributed by atoms with van der Waals surface area (Å²) in [5.41, 5.74) is 2.21. The standard InChI is InChI=1S/C18H11Cl2NO/c19-13-6-7-16(20)15(11-13)18(22)8-5-12-9-10-21-17-4-2-1-3-14(12)17/h1-11H. The molecule has 0 unspecified atom stereocenters. The van der Waals surface area contributed by atoms with Crippen molar-refractivity contribution in [1.29, 1.82) is 0 Å². The van der Waals surface area contributed by atoms with Crippen LogP contribution >= 0.6 is 23.2 Å². The Balaban J connectivity index is 1.96. The second-order valence-electron chi connectivity index (χ2n) is 4.74. The molecule has 0 amide bonds. The Labute approximate surface area is 138 Å². The van der Waals surface area contributed by atoms with E-state index < -0.39 is 0 Å². The Morgan fingerprint density at radius 2 is 1.86 bits per heavy atom. The van der Waals surface area contributed by atoms with Crippen molar-refractivity contribution < 1.29 is 4.79 Å². The summed E-state index contributed by atoms with van der Waals surface area (Å²) in [5.74, 6) is -0.187. The van der Waals surface area contributed by atoms with Crippen molar-refractivity contribution in [2.24, 2.45) is 0 Å². The molecule has 108 valence electrons. The van der Waals surface area contributed by atoms with Gasteiger partial charge in [0.25, 0.3) is 0 Å². The molecule has 0 spiro atoms. The van der Waals surface area contributed by atoms with Gasteiger partial charge in [0.15, 0.2) is 5.78 Å². The molecule has 0 saturated carbocycles. The first-order valence-corrected chi connectivity index (χ1v) is 7.42. The van der Waals surface area contributed by atoms with Crippen LogP contribution in [0.4, 0.5) is 0 Å². The number of carbonyl (C=O) groups is 1. The number of halogens is 2. The number of hydrogen-bond donors (Lipinski definition) is 0. The molecule has 4 heteroatoms. The van der Waals surface area contributed by atoms with Crippen molar-refractivity contribution in [2.75, 3.05) is 0 Å². The summed E-state index contributed by atoms with van der Waals surface area (Å²) in [7, 11) is 0. The second-order valence-corrected chi connectivity index (χ2v) is 5.58. The van der Waals surface area contributed by atoms with E-state index in [0.29, 0.717) is 15.6 Å². The fourth-order valence-electron chi connectivity index (χ4n) is 2.20. The number of benzene rings is 2. The van der Waals surface area contributed by atoms with Gasteiger partial charge >= 0.3 is 0 Å². The Bertz CT molecular complexity index is 882. The first-order valence-electron chi connectivity index (χ1n) is 6.66. The van der Waals surface area contributed by atoms with Crippen LogP contribution in [0.2, 0.25) is 10.0 Å². The number of pyridine rings is 1. The molecule has 1 heterocycles. The van der Waals surface area contributed by atoms with Crippen molar-refractivity contribution >= 4 is 46.0 Å². The van der Waals surface area contributed by atoms with E-state index in [2.05, 4.69) is 4.98 Å². The van der Waals surface area contributed by atoms with Gasteiger partial charge in [0.2, 0.25) is 0 Å². The zero-order chi connectivity index (χ0) is 15.5. The molecule has 2 aromatic carbocycles. The minimum atomic E-state index is -0.187. The summed E-state index contributed by atoms with van der Waals surface area (Å²) in [4.78, 5) is 16.6. The molecule has 0 aliphatic carbocycles. The molecule has 0 aliphatic rings. The van der Waals surface area contributed by atoms with Crippen LogP contribution in [0.3, 0.4) is 0 Å². The van der Waals surface area contributed by atoms with Crippen LogP contribution in [0.5, 0.6) is 0 Å². The highest BCUT2D eigenvalue weighted by atomic mass is 35.5. The first-order chi connectivity index (χ1) is 10.6. The lowest BCUT2D eigenvalue weighted by atomic mass is 10.1. The largest absolute Gasteiger partial charge is 0.289 e. The summed E-state index contributed by atoms with van der Waals surface area (Å²) in [5, 5.41) is 1.86. The van der Waals surface area contributed by atoms with Gasteiger partial charge in [-0.1, -0.05) is 47.5 Å². The maximum absolute atomic E-state index is 12.3. The molecule has 0 bridgehead atoms. The van der Waals surface area contributed by atoms with E-state index in [1.807, 2.05) is 30.3 Å². The lowest BCUT2D eigenvalue weighted by Gasteiger charge is -2.02. The van der Waals surface area contributed by atoms with Gasteiger partial charge in [-0.3, -0.25) is 9.78 Å². The number of ketones is 1. The van der Waals surface area contributed by atoms with Gasteiger partial charge in [-0.15, -0.1) is 0 Å².